The second-order valence-corrected chi connectivity index (χ2v) is 7.81. The number of anilines is 1. The van der Waals surface area contributed by atoms with Gasteiger partial charge in [0.05, 0.1) is 11.6 Å². The lowest BCUT2D eigenvalue weighted by atomic mass is 9.72. The third-order valence-electron chi connectivity index (χ3n) is 6.27. The Balaban J connectivity index is 1.68. The maximum absolute atomic E-state index is 13.7. The van der Waals surface area contributed by atoms with Gasteiger partial charge in [-0.3, -0.25) is 14.6 Å². The molecule has 2 atom stereocenters. The third kappa shape index (κ3) is 2.56. The van der Waals surface area contributed by atoms with E-state index in [0.29, 0.717) is 24.2 Å². The van der Waals surface area contributed by atoms with E-state index in [4.69, 9.17) is 0 Å². The first kappa shape index (κ1) is 18.5. The van der Waals surface area contributed by atoms with Crippen LogP contribution in [0.3, 0.4) is 0 Å². The Morgan fingerprint density at radius 3 is 2.67 bits per heavy atom. The van der Waals surface area contributed by atoms with Crippen molar-refractivity contribution in [1.29, 1.82) is 0 Å². The summed E-state index contributed by atoms with van der Waals surface area (Å²) in [5, 5.41) is 2.99. The van der Waals surface area contributed by atoms with Crippen LogP contribution >= 0.6 is 0 Å². The highest BCUT2D eigenvalue weighted by Crippen LogP contribution is 2.54. The third-order valence-corrected chi connectivity index (χ3v) is 6.27. The zero-order valence-electron chi connectivity index (χ0n) is 16.4. The fourth-order valence-electron chi connectivity index (χ4n) is 4.88. The molecule has 1 fully saturated rings. The van der Waals surface area contributed by atoms with Crippen LogP contribution in [0.15, 0.2) is 66.9 Å². The van der Waals surface area contributed by atoms with Crippen molar-refractivity contribution < 1.29 is 14.0 Å². The number of carbonyl (C=O) groups is 2. The topological polar surface area (TPSA) is 62.3 Å². The van der Waals surface area contributed by atoms with E-state index in [9.17, 15) is 14.0 Å². The van der Waals surface area contributed by atoms with Gasteiger partial charge >= 0.3 is 0 Å². The van der Waals surface area contributed by atoms with E-state index in [1.165, 1.54) is 12.1 Å². The number of carbonyl (C=O) groups excluding carboxylic acids is 2. The molecule has 2 aromatic carbocycles. The van der Waals surface area contributed by atoms with Crippen LogP contribution in [0.4, 0.5) is 10.1 Å². The minimum Gasteiger partial charge on any atom is -0.330 e. The normalized spacial score (nSPS) is 22.3. The molecule has 0 unspecified atom stereocenters. The number of nitrogens with one attached hydrogen (secondary N) is 1. The number of pyridine rings is 1. The van der Waals surface area contributed by atoms with E-state index in [-0.39, 0.29) is 17.6 Å². The van der Waals surface area contributed by atoms with Gasteiger partial charge in [0.2, 0.25) is 5.91 Å². The molecule has 3 aromatic rings. The Kier molecular flexibility index (Phi) is 4.17. The number of hydrogen-bond acceptors (Lipinski definition) is 3. The zero-order chi connectivity index (χ0) is 20.9. The molecule has 150 valence electrons. The van der Waals surface area contributed by atoms with Crippen LogP contribution in [0.5, 0.6) is 0 Å². The SMILES string of the molecule is Cc1ncccc1C(=O)N1CC[C@]2(C(=O)Nc3ccccc32)[C@@H]1c1ccc(F)cc1. The number of likely N-dealkylation sites (tertiary alicyclic amines) is 1. The molecule has 0 aliphatic carbocycles. The second-order valence-electron chi connectivity index (χ2n) is 7.81. The van der Waals surface area contributed by atoms with E-state index >= 15 is 0 Å². The molecule has 0 radical (unpaired) electrons. The van der Waals surface area contributed by atoms with Crippen LogP contribution in [-0.2, 0) is 10.2 Å². The number of fused-ring (bicyclic) bond motifs is 2. The number of rotatable bonds is 2. The largest absolute Gasteiger partial charge is 0.330 e. The van der Waals surface area contributed by atoms with Gasteiger partial charge in [0.25, 0.3) is 5.91 Å². The Morgan fingerprint density at radius 1 is 1.13 bits per heavy atom. The summed E-state index contributed by atoms with van der Waals surface area (Å²) in [6.45, 7) is 2.21. The minimum atomic E-state index is -0.916. The van der Waals surface area contributed by atoms with E-state index in [1.54, 1.807) is 42.3 Å². The van der Waals surface area contributed by atoms with Crippen molar-refractivity contribution in [2.75, 3.05) is 11.9 Å². The number of nitrogens with zero attached hydrogens (tertiary/aromatic N) is 2. The number of aryl methyl sites for hydroxylation is 1. The lowest BCUT2D eigenvalue weighted by Crippen LogP contribution is -2.42. The summed E-state index contributed by atoms with van der Waals surface area (Å²) >= 11 is 0. The average molecular weight is 401 g/mol. The number of amides is 2. The number of benzene rings is 2. The summed E-state index contributed by atoms with van der Waals surface area (Å²) in [6.07, 6.45) is 2.14. The number of aromatic nitrogens is 1. The van der Waals surface area contributed by atoms with Gasteiger partial charge in [-0.1, -0.05) is 30.3 Å². The smallest absolute Gasteiger partial charge is 0.256 e. The van der Waals surface area contributed by atoms with Crippen LogP contribution in [-0.4, -0.2) is 28.2 Å². The number of halogens is 1. The van der Waals surface area contributed by atoms with Crippen molar-refractivity contribution in [1.82, 2.24) is 9.88 Å². The molecule has 30 heavy (non-hydrogen) atoms. The molecule has 5 rings (SSSR count). The highest BCUT2D eigenvalue weighted by molar-refractivity contribution is 6.08. The van der Waals surface area contributed by atoms with Gasteiger partial charge < -0.3 is 10.2 Å². The minimum absolute atomic E-state index is 0.128. The quantitative estimate of drug-likeness (QED) is 0.706. The van der Waals surface area contributed by atoms with Crippen LogP contribution in [0, 0.1) is 12.7 Å². The molecule has 1 N–H and O–H groups in total. The molecule has 6 heteroatoms. The number of para-hydroxylation sites is 1. The summed E-state index contributed by atoms with van der Waals surface area (Å²) in [4.78, 5) is 32.9. The van der Waals surface area contributed by atoms with E-state index in [0.717, 1.165) is 16.8 Å². The van der Waals surface area contributed by atoms with Gasteiger partial charge in [-0.25, -0.2) is 4.39 Å². The van der Waals surface area contributed by atoms with Gasteiger partial charge in [-0.05, 0) is 54.8 Å². The maximum Gasteiger partial charge on any atom is 0.256 e. The van der Waals surface area contributed by atoms with Crippen LogP contribution < -0.4 is 5.32 Å². The number of hydrogen-bond donors (Lipinski definition) is 1. The molecule has 1 saturated heterocycles. The maximum atomic E-state index is 13.7. The summed E-state index contributed by atoms with van der Waals surface area (Å²) in [5.41, 5.74) is 2.60. The highest BCUT2D eigenvalue weighted by atomic mass is 19.1. The monoisotopic (exact) mass is 401 g/mol. The van der Waals surface area contributed by atoms with Gasteiger partial charge in [0.15, 0.2) is 0 Å². The van der Waals surface area contributed by atoms with Gasteiger partial charge in [0.1, 0.15) is 11.2 Å². The first-order chi connectivity index (χ1) is 14.5. The Morgan fingerprint density at radius 2 is 1.90 bits per heavy atom. The van der Waals surface area contributed by atoms with Gasteiger partial charge in [-0.2, -0.15) is 0 Å². The zero-order valence-corrected chi connectivity index (χ0v) is 16.4. The van der Waals surface area contributed by atoms with Crippen molar-refractivity contribution >= 4 is 17.5 Å². The summed E-state index contributed by atoms with van der Waals surface area (Å²) in [6, 6.07) is 16.6. The lowest BCUT2D eigenvalue weighted by Gasteiger charge is -2.34. The van der Waals surface area contributed by atoms with Crippen LogP contribution in [0.1, 0.15) is 39.6 Å². The fourth-order valence-corrected chi connectivity index (χ4v) is 4.88. The van der Waals surface area contributed by atoms with Crippen molar-refractivity contribution in [2.24, 2.45) is 0 Å². The molecule has 0 bridgehead atoms. The molecule has 1 spiro atoms. The Hall–Kier alpha value is -3.54. The van der Waals surface area contributed by atoms with Crippen molar-refractivity contribution in [3.63, 3.8) is 0 Å². The molecular weight excluding hydrogens is 381 g/mol. The van der Waals surface area contributed by atoms with E-state index in [1.807, 2.05) is 24.3 Å². The fraction of sp³-hybridized carbons (Fsp3) is 0.208. The lowest BCUT2D eigenvalue weighted by molar-refractivity contribution is -0.121. The highest BCUT2D eigenvalue weighted by Gasteiger charge is 2.59. The van der Waals surface area contributed by atoms with Crippen molar-refractivity contribution in [2.45, 2.75) is 24.8 Å². The molecule has 2 aliphatic heterocycles. The summed E-state index contributed by atoms with van der Waals surface area (Å²) in [7, 11) is 0. The standard InChI is InChI=1S/C24H20FN3O2/c1-15-18(5-4-13-26-15)22(29)28-14-12-24(21(28)16-8-10-17(25)11-9-16)19-6-2-3-7-20(19)27-23(24)30/h2-11,13,21H,12,14H2,1H3,(H,27,30)/t21-,24+/m0/s1. The van der Waals surface area contributed by atoms with E-state index < -0.39 is 11.5 Å². The molecule has 2 aliphatic rings. The van der Waals surface area contributed by atoms with Crippen LogP contribution in [0.2, 0.25) is 0 Å². The molecule has 1 aromatic heterocycles. The molecule has 2 amide bonds. The molecule has 5 nitrogen and oxygen atoms in total. The van der Waals surface area contributed by atoms with Crippen LogP contribution in [0.25, 0.3) is 0 Å². The van der Waals surface area contributed by atoms with Gasteiger partial charge in [-0.15, -0.1) is 0 Å². The summed E-state index contributed by atoms with van der Waals surface area (Å²) in [5.74, 6) is -0.664. The average Bonchev–Trinajstić information content (AvgIpc) is 3.28. The molecular formula is C24H20FN3O2. The predicted octanol–water partition coefficient (Wildman–Crippen LogP) is 4.01. The second kappa shape index (κ2) is 6.76. The first-order valence-corrected chi connectivity index (χ1v) is 9.91. The Labute approximate surface area is 173 Å². The van der Waals surface area contributed by atoms with Gasteiger partial charge in [0, 0.05) is 24.1 Å². The predicted molar refractivity (Wildman–Crippen MR) is 111 cm³/mol. The van der Waals surface area contributed by atoms with E-state index in [2.05, 4.69) is 10.3 Å². The molecule has 3 heterocycles. The first-order valence-electron chi connectivity index (χ1n) is 9.91. The molecule has 0 saturated carbocycles. The van der Waals surface area contributed by atoms with Crippen molar-refractivity contribution in [3.8, 4) is 0 Å². The van der Waals surface area contributed by atoms with Crippen molar-refractivity contribution in [3.05, 3.63) is 95.1 Å². The Bertz CT molecular complexity index is 1160. The summed E-state index contributed by atoms with van der Waals surface area (Å²) < 4.78 is 13.7.